The average molecular weight is 428 g/mol. The summed E-state index contributed by atoms with van der Waals surface area (Å²) >= 11 is 15.0. The van der Waals surface area contributed by atoms with Crippen LogP contribution in [0.4, 0.5) is 4.79 Å². The maximum atomic E-state index is 12.5. The van der Waals surface area contributed by atoms with Gasteiger partial charge in [-0.25, -0.2) is 9.10 Å². The largest absolute Gasteiger partial charge is 0.442 e. The number of amides is 3. The van der Waals surface area contributed by atoms with Crippen molar-refractivity contribution in [3.05, 3.63) is 26.7 Å². The number of hydrogen-bond donors (Lipinski definition) is 1. The third-order valence-corrected chi connectivity index (χ3v) is 6.07. The van der Waals surface area contributed by atoms with Gasteiger partial charge in [0.2, 0.25) is 5.91 Å². The van der Waals surface area contributed by atoms with Gasteiger partial charge in [0.15, 0.2) is 0 Å². The molecule has 1 aliphatic heterocycles. The summed E-state index contributed by atoms with van der Waals surface area (Å²) in [7, 11) is -4.36. The van der Waals surface area contributed by atoms with Crippen LogP contribution in [0.3, 0.4) is 0 Å². The summed E-state index contributed by atoms with van der Waals surface area (Å²) in [6.45, 7) is -0.612. The number of sulfonamides is 1. The second-order valence-corrected chi connectivity index (χ2v) is 7.73. The standard InChI is InChI=1S/C11H5BrCl2N2O5S/c12-9-8-5(14)1-4(13)2-6(8)21-10(9)22(19,20)16-3-7(17)15-11(16)18/h1-2H,3H2,(H,15,17,18). The van der Waals surface area contributed by atoms with Crippen LogP contribution in [0.5, 0.6) is 0 Å². The highest BCUT2D eigenvalue weighted by molar-refractivity contribution is 9.10. The maximum absolute atomic E-state index is 12.5. The quantitative estimate of drug-likeness (QED) is 0.743. The minimum Gasteiger partial charge on any atom is -0.442 e. The van der Waals surface area contributed by atoms with Crippen molar-refractivity contribution in [3.8, 4) is 0 Å². The number of halogens is 3. The van der Waals surface area contributed by atoms with Crippen LogP contribution in [0.25, 0.3) is 11.0 Å². The molecule has 0 spiro atoms. The molecule has 3 amide bonds. The van der Waals surface area contributed by atoms with Gasteiger partial charge in [-0.2, -0.15) is 8.42 Å². The Bertz CT molecular complexity index is 940. The Labute approximate surface area is 142 Å². The second-order valence-electron chi connectivity index (χ2n) is 4.33. The Kier molecular flexibility index (Phi) is 3.63. The van der Waals surface area contributed by atoms with E-state index in [0.29, 0.717) is 9.69 Å². The predicted octanol–water partition coefficient (Wildman–Crippen LogP) is 2.74. The van der Waals surface area contributed by atoms with E-state index >= 15 is 0 Å². The number of carbonyl (C=O) groups excluding carboxylic acids is 2. The summed E-state index contributed by atoms with van der Waals surface area (Å²) < 4.78 is 30.7. The van der Waals surface area contributed by atoms with Gasteiger partial charge in [0.1, 0.15) is 12.1 Å². The van der Waals surface area contributed by atoms with Gasteiger partial charge in [-0.3, -0.25) is 10.1 Å². The summed E-state index contributed by atoms with van der Waals surface area (Å²) in [4.78, 5) is 22.7. The molecule has 22 heavy (non-hydrogen) atoms. The number of carbonyl (C=O) groups is 2. The Morgan fingerprint density at radius 3 is 2.55 bits per heavy atom. The molecule has 2 aromatic rings. The smallest absolute Gasteiger partial charge is 0.338 e. The van der Waals surface area contributed by atoms with Crippen LogP contribution >= 0.6 is 39.1 Å². The summed E-state index contributed by atoms with van der Waals surface area (Å²) in [5.41, 5.74) is 0.133. The molecule has 1 aromatic carbocycles. The zero-order chi connectivity index (χ0) is 16.2. The second kappa shape index (κ2) is 5.12. The van der Waals surface area contributed by atoms with E-state index in [1.807, 2.05) is 5.32 Å². The Hall–Kier alpha value is -1.29. The van der Waals surface area contributed by atoms with E-state index in [1.54, 1.807) is 0 Å². The average Bonchev–Trinajstić information content (AvgIpc) is 2.90. The number of nitrogens with one attached hydrogen (secondary N) is 1. The van der Waals surface area contributed by atoms with Crippen molar-refractivity contribution in [2.45, 2.75) is 5.09 Å². The van der Waals surface area contributed by atoms with E-state index in [2.05, 4.69) is 15.9 Å². The van der Waals surface area contributed by atoms with Crippen LogP contribution in [0, 0.1) is 0 Å². The Morgan fingerprint density at radius 2 is 1.95 bits per heavy atom. The molecule has 116 valence electrons. The highest BCUT2D eigenvalue weighted by Crippen LogP contribution is 2.40. The normalized spacial score (nSPS) is 15.7. The predicted molar refractivity (Wildman–Crippen MR) is 81.4 cm³/mol. The van der Waals surface area contributed by atoms with Crippen molar-refractivity contribution in [3.63, 3.8) is 0 Å². The lowest BCUT2D eigenvalue weighted by Crippen LogP contribution is -2.34. The van der Waals surface area contributed by atoms with Crippen molar-refractivity contribution < 1.29 is 22.4 Å². The topological polar surface area (TPSA) is 96.7 Å². The molecule has 0 bridgehead atoms. The minimum atomic E-state index is -4.36. The molecule has 0 atom stereocenters. The van der Waals surface area contributed by atoms with E-state index in [-0.39, 0.29) is 20.1 Å². The molecule has 11 heteroatoms. The van der Waals surface area contributed by atoms with Crippen LogP contribution in [0.15, 0.2) is 26.1 Å². The van der Waals surface area contributed by atoms with Gasteiger partial charge in [-0.05, 0) is 22.0 Å². The number of furan rings is 1. The third kappa shape index (κ3) is 2.28. The van der Waals surface area contributed by atoms with E-state index in [9.17, 15) is 18.0 Å². The van der Waals surface area contributed by atoms with E-state index in [0.717, 1.165) is 0 Å². The fraction of sp³-hybridized carbons (Fsp3) is 0.0909. The van der Waals surface area contributed by atoms with Gasteiger partial charge >= 0.3 is 16.1 Å². The fourth-order valence-corrected chi connectivity index (χ4v) is 5.04. The number of hydrogen-bond acceptors (Lipinski definition) is 5. The first-order valence-corrected chi connectivity index (χ1v) is 8.64. The van der Waals surface area contributed by atoms with Crippen molar-refractivity contribution in [1.29, 1.82) is 0 Å². The molecule has 0 saturated carbocycles. The molecule has 0 radical (unpaired) electrons. The molecular weight excluding hydrogens is 423 g/mol. The van der Waals surface area contributed by atoms with Crippen LogP contribution in [-0.4, -0.2) is 31.2 Å². The number of urea groups is 1. The number of nitrogens with zero attached hydrogens (tertiary/aromatic N) is 1. The zero-order valence-electron chi connectivity index (χ0n) is 10.4. The third-order valence-electron chi connectivity index (χ3n) is 2.90. The molecule has 0 unspecified atom stereocenters. The lowest BCUT2D eigenvalue weighted by molar-refractivity contribution is -0.118. The Morgan fingerprint density at radius 1 is 1.27 bits per heavy atom. The molecule has 1 fully saturated rings. The molecule has 0 aliphatic carbocycles. The molecular formula is C11H5BrCl2N2O5S. The maximum Gasteiger partial charge on any atom is 0.338 e. The van der Waals surface area contributed by atoms with Crippen molar-refractivity contribution in [2.75, 3.05) is 6.54 Å². The van der Waals surface area contributed by atoms with Crippen LogP contribution in [0.2, 0.25) is 10.0 Å². The van der Waals surface area contributed by atoms with Crippen molar-refractivity contribution in [1.82, 2.24) is 9.62 Å². The first kappa shape index (κ1) is 15.6. The zero-order valence-corrected chi connectivity index (χ0v) is 14.3. The molecule has 2 heterocycles. The van der Waals surface area contributed by atoms with Gasteiger partial charge < -0.3 is 4.42 Å². The molecule has 1 saturated heterocycles. The number of imide groups is 1. The summed E-state index contributed by atoms with van der Waals surface area (Å²) in [5, 5.41) is 2.09. The number of fused-ring (bicyclic) bond motifs is 1. The van der Waals surface area contributed by atoms with Crippen LogP contribution < -0.4 is 5.32 Å². The summed E-state index contributed by atoms with van der Waals surface area (Å²) in [6.07, 6.45) is 0. The van der Waals surface area contributed by atoms with E-state index in [1.165, 1.54) is 12.1 Å². The fourth-order valence-electron chi connectivity index (χ4n) is 1.97. The lowest BCUT2D eigenvalue weighted by atomic mass is 10.2. The van der Waals surface area contributed by atoms with Gasteiger partial charge in [0.05, 0.1) is 14.9 Å². The SMILES string of the molecule is O=C1CN(S(=O)(=O)c2oc3cc(Cl)cc(Cl)c3c2Br)C(=O)N1. The highest BCUT2D eigenvalue weighted by Gasteiger charge is 2.41. The van der Waals surface area contributed by atoms with Crippen molar-refractivity contribution >= 4 is 72.1 Å². The number of rotatable bonds is 2. The summed E-state index contributed by atoms with van der Waals surface area (Å²) in [5.74, 6) is -0.720. The van der Waals surface area contributed by atoms with Gasteiger partial charge in [0, 0.05) is 11.1 Å². The van der Waals surface area contributed by atoms with Crippen LogP contribution in [0.1, 0.15) is 0 Å². The molecule has 3 rings (SSSR count). The minimum absolute atomic E-state index is 0.0521. The molecule has 1 aliphatic rings. The molecule has 7 nitrogen and oxygen atoms in total. The van der Waals surface area contributed by atoms with Crippen LogP contribution in [-0.2, 0) is 14.8 Å². The lowest BCUT2D eigenvalue weighted by Gasteiger charge is -2.11. The Balaban J connectivity index is 2.22. The monoisotopic (exact) mass is 426 g/mol. The van der Waals surface area contributed by atoms with E-state index in [4.69, 9.17) is 27.6 Å². The molecule has 1 N–H and O–H groups in total. The van der Waals surface area contributed by atoms with Gasteiger partial charge in [-0.15, -0.1) is 0 Å². The first-order valence-electron chi connectivity index (χ1n) is 5.65. The molecule has 1 aromatic heterocycles. The number of benzene rings is 1. The van der Waals surface area contributed by atoms with Crippen molar-refractivity contribution in [2.24, 2.45) is 0 Å². The summed E-state index contributed by atoms with van der Waals surface area (Å²) in [6, 6.07) is 1.78. The van der Waals surface area contributed by atoms with E-state index < -0.39 is 33.6 Å². The van der Waals surface area contributed by atoms with Gasteiger partial charge in [0.25, 0.3) is 5.09 Å². The first-order chi connectivity index (χ1) is 10.2. The highest BCUT2D eigenvalue weighted by atomic mass is 79.9. The van der Waals surface area contributed by atoms with Gasteiger partial charge in [-0.1, -0.05) is 23.2 Å².